The van der Waals surface area contributed by atoms with E-state index in [4.69, 9.17) is 12.5 Å². The van der Waals surface area contributed by atoms with Gasteiger partial charge in [-0.25, -0.2) is 12.5 Å². The average molecular weight is 717 g/mol. The lowest BCUT2D eigenvalue weighted by molar-refractivity contribution is -0.184. The zero-order valence-corrected chi connectivity index (χ0v) is 30.9. The van der Waals surface area contributed by atoms with Crippen molar-refractivity contribution in [3.63, 3.8) is 0 Å². The van der Waals surface area contributed by atoms with Gasteiger partial charge in [0.25, 0.3) is 0 Å². The molecule has 12 nitrogen and oxygen atoms in total. The summed E-state index contributed by atoms with van der Waals surface area (Å²) in [7, 11) is -15.0. The molecule has 4 rings (SSSR count). The van der Waals surface area contributed by atoms with E-state index in [2.05, 4.69) is 48.5 Å². The summed E-state index contributed by atoms with van der Waals surface area (Å²) in [5, 5.41) is 0. The van der Waals surface area contributed by atoms with Crippen LogP contribution < -0.4 is 0 Å². The minimum atomic E-state index is -5.07. The van der Waals surface area contributed by atoms with Gasteiger partial charge in [0, 0.05) is 0 Å². The Morgan fingerprint density at radius 3 is 1.76 bits per heavy atom. The van der Waals surface area contributed by atoms with Gasteiger partial charge in [0.2, 0.25) is 0 Å². The Hall–Kier alpha value is -0.390. The molecular formula is C31H56O12S3. The van der Waals surface area contributed by atoms with Crippen LogP contribution in [-0.4, -0.2) is 57.2 Å². The highest BCUT2D eigenvalue weighted by atomic mass is 32.3. The van der Waals surface area contributed by atoms with Crippen LogP contribution in [0.4, 0.5) is 0 Å². The van der Waals surface area contributed by atoms with Crippen LogP contribution in [0, 0.1) is 63.6 Å². The van der Waals surface area contributed by atoms with Gasteiger partial charge in [-0.1, -0.05) is 61.8 Å². The molecule has 15 heteroatoms. The smallest absolute Gasteiger partial charge is 0.264 e. The van der Waals surface area contributed by atoms with Crippen molar-refractivity contribution in [3.05, 3.63) is 0 Å². The lowest BCUT2D eigenvalue weighted by atomic mass is 9.43. The summed E-state index contributed by atoms with van der Waals surface area (Å²) in [4.78, 5) is 0. The molecule has 0 spiro atoms. The fourth-order valence-corrected chi connectivity index (χ4v) is 12.2. The quantitative estimate of drug-likeness (QED) is 0.195. The molecule has 270 valence electrons. The molecule has 3 N–H and O–H groups in total. The number of hydrogen-bond donors (Lipinski definition) is 3. The van der Waals surface area contributed by atoms with E-state index in [9.17, 15) is 38.9 Å². The lowest BCUT2D eigenvalue weighted by Crippen LogP contribution is -2.62. The van der Waals surface area contributed by atoms with Crippen LogP contribution in [-0.2, 0) is 43.7 Å². The van der Waals surface area contributed by atoms with Crippen molar-refractivity contribution < 1.29 is 51.5 Å². The highest BCUT2D eigenvalue weighted by Crippen LogP contribution is 2.69. The molecule has 12 atom stereocenters. The molecule has 0 bridgehead atoms. The largest absolute Gasteiger partial charge is 0.397 e. The highest BCUT2D eigenvalue weighted by molar-refractivity contribution is 7.81. The average Bonchev–Trinajstić information content (AvgIpc) is 3.22. The number of rotatable bonds is 12. The first-order valence-corrected chi connectivity index (χ1v) is 20.8. The molecule has 4 aliphatic carbocycles. The maximum Gasteiger partial charge on any atom is 0.397 e. The fourth-order valence-electron chi connectivity index (χ4n) is 10.7. The van der Waals surface area contributed by atoms with E-state index in [0.29, 0.717) is 30.1 Å². The predicted octanol–water partition coefficient (Wildman–Crippen LogP) is 6.16. The normalized spacial score (nSPS) is 40.2. The first kappa shape index (κ1) is 38.4. The summed E-state index contributed by atoms with van der Waals surface area (Å²) in [6.45, 7) is 18.2. The van der Waals surface area contributed by atoms with E-state index in [0.717, 1.165) is 38.5 Å². The van der Waals surface area contributed by atoms with Crippen LogP contribution >= 0.6 is 0 Å². The Morgan fingerprint density at radius 2 is 1.22 bits per heavy atom. The van der Waals surface area contributed by atoms with Crippen molar-refractivity contribution in [2.75, 3.05) is 0 Å². The zero-order chi connectivity index (χ0) is 34.8. The van der Waals surface area contributed by atoms with Gasteiger partial charge in [-0.3, -0.25) is 13.7 Å². The van der Waals surface area contributed by atoms with Gasteiger partial charge in [-0.05, 0) is 115 Å². The molecule has 0 aromatic heterocycles. The summed E-state index contributed by atoms with van der Waals surface area (Å²) in [6.07, 6.45) is 1.90. The van der Waals surface area contributed by atoms with Crippen LogP contribution in [0.2, 0.25) is 0 Å². The highest BCUT2D eigenvalue weighted by Gasteiger charge is 2.65. The molecule has 0 aliphatic heterocycles. The molecule has 46 heavy (non-hydrogen) atoms. The summed E-state index contributed by atoms with van der Waals surface area (Å²) in [5.74, 6) is 1.65. The maximum atomic E-state index is 12.1. The van der Waals surface area contributed by atoms with E-state index >= 15 is 0 Å². The van der Waals surface area contributed by atoms with Gasteiger partial charge < -0.3 is 0 Å². The maximum absolute atomic E-state index is 12.1. The molecule has 0 amide bonds. The third-order valence-corrected chi connectivity index (χ3v) is 15.4. The van der Waals surface area contributed by atoms with Crippen molar-refractivity contribution in [2.24, 2.45) is 63.6 Å². The number of hydrogen-bond acceptors (Lipinski definition) is 9. The minimum Gasteiger partial charge on any atom is -0.264 e. The lowest BCUT2D eigenvalue weighted by Gasteiger charge is -2.63. The standard InChI is InChI=1S/C31H56O12S3/c1-18(2)29(5,6)20(4)10-9-19(3)22-11-12-23-21-15-26(41-44(32,33)34)25-16-27(42-45(35,36)37)28(43-46(38,39)40)17-31(25,8)24(21)13-14-30(22,23)7/h18-28H,9-17H2,1-8H3,(H,32,33,34)(H,35,36,37)(H,38,39,40)/t19-,20?,21?,22-,23?,24?,25?,26+,27+,28+,30-,31-/m1/s1. The molecule has 4 saturated carbocycles. The van der Waals surface area contributed by atoms with E-state index < -0.39 is 60.8 Å². The molecule has 0 radical (unpaired) electrons. The molecule has 0 aromatic carbocycles. The molecule has 0 heterocycles. The Labute approximate surface area is 277 Å². The summed E-state index contributed by atoms with van der Waals surface area (Å²) >= 11 is 0. The molecule has 0 saturated heterocycles. The third-order valence-electron chi connectivity index (χ3n) is 13.9. The van der Waals surface area contributed by atoms with Gasteiger partial charge in [0.15, 0.2) is 0 Å². The first-order valence-electron chi connectivity index (χ1n) is 16.8. The third kappa shape index (κ3) is 7.98. The Balaban J connectivity index is 1.64. The first-order chi connectivity index (χ1) is 20.8. The van der Waals surface area contributed by atoms with Crippen molar-refractivity contribution >= 4 is 31.2 Å². The van der Waals surface area contributed by atoms with E-state index in [1.54, 1.807) is 0 Å². The van der Waals surface area contributed by atoms with E-state index in [1.165, 1.54) is 0 Å². The van der Waals surface area contributed by atoms with Gasteiger partial charge in [-0.2, -0.15) is 25.3 Å². The summed E-state index contributed by atoms with van der Waals surface area (Å²) in [6, 6.07) is 0. The van der Waals surface area contributed by atoms with Crippen molar-refractivity contribution in [1.82, 2.24) is 0 Å². The Morgan fingerprint density at radius 1 is 0.696 bits per heavy atom. The van der Waals surface area contributed by atoms with Gasteiger partial charge in [0.1, 0.15) is 12.2 Å². The monoisotopic (exact) mass is 716 g/mol. The summed E-state index contributed by atoms with van der Waals surface area (Å²) in [5.41, 5.74) is -0.590. The molecule has 0 aromatic rings. The van der Waals surface area contributed by atoms with Crippen LogP contribution in [0.15, 0.2) is 0 Å². The van der Waals surface area contributed by atoms with Gasteiger partial charge in [-0.15, -0.1) is 0 Å². The van der Waals surface area contributed by atoms with E-state index in [-0.39, 0.29) is 41.4 Å². The predicted molar refractivity (Wildman–Crippen MR) is 171 cm³/mol. The fraction of sp³-hybridized carbons (Fsp3) is 1.00. The second-order valence-electron chi connectivity index (χ2n) is 16.5. The molecule has 5 unspecified atom stereocenters. The zero-order valence-electron chi connectivity index (χ0n) is 28.5. The molecule has 4 aliphatic rings. The summed E-state index contributed by atoms with van der Waals surface area (Å²) < 4.78 is 115. The van der Waals surface area contributed by atoms with Gasteiger partial charge in [0.05, 0.1) is 6.10 Å². The van der Waals surface area contributed by atoms with Gasteiger partial charge >= 0.3 is 31.2 Å². The SMILES string of the molecule is CC(C)C(C)(C)C(C)CC[C@@H](C)[C@H]1CCC2C3C[C@H](OS(=O)(=O)O)C4C[C@H](OS(=O)(=O)O)[C@@H](OS(=O)(=O)O)C[C@]4(C)C3CC[C@@]21C. The second-order valence-corrected chi connectivity index (χ2v) is 19.7. The molecular weight excluding hydrogens is 661 g/mol. The minimum absolute atomic E-state index is 0.00115. The van der Waals surface area contributed by atoms with Crippen molar-refractivity contribution in [2.45, 2.75) is 131 Å². The Kier molecular flexibility index (Phi) is 10.9. The van der Waals surface area contributed by atoms with Crippen LogP contribution in [0.1, 0.15) is 113 Å². The second kappa shape index (κ2) is 13.1. The van der Waals surface area contributed by atoms with Crippen LogP contribution in [0.5, 0.6) is 0 Å². The van der Waals surface area contributed by atoms with Crippen molar-refractivity contribution in [1.29, 1.82) is 0 Å². The Bertz CT molecular complexity index is 1430. The number of fused-ring (bicyclic) bond motifs is 5. The van der Waals surface area contributed by atoms with Crippen LogP contribution in [0.25, 0.3) is 0 Å². The topological polar surface area (TPSA) is 191 Å². The molecule has 4 fully saturated rings. The van der Waals surface area contributed by atoms with E-state index in [1.807, 2.05) is 6.92 Å². The van der Waals surface area contributed by atoms with Crippen molar-refractivity contribution in [3.8, 4) is 0 Å². The van der Waals surface area contributed by atoms with Crippen LogP contribution in [0.3, 0.4) is 0 Å².